The summed E-state index contributed by atoms with van der Waals surface area (Å²) in [7, 11) is -1.63. The summed E-state index contributed by atoms with van der Waals surface area (Å²) in [5, 5.41) is 3.01. The van der Waals surface area contributed by atoms with E-state index < -0.39 is 34.3 Å². The van der Waals surface area contributed by atoms with Gasteiger partial charge in [-0.2, -0.15) is 0 Å². The summed E-state index contributed by atoms with van der Waals surface area (Å²) in [6.45, 7) is 3.16. The number of halogens is 2. The van der Waals surface area contributed by atoms with Gasteiger partial charge in [0.25, 0.3) is 10.0 Å². The molecule has 0 radical (unpaired) electrons. The molecule has 0 aliphatic heterocycles. The number of nitrogens with zero attached hydrogens (tertiary/aromatic N) is 2. The van der Waals surface area contributed by atoms with Gasteiger partial charge in [0.05, 0.1) is 24.8 Å². The number of hydrogen-bond acceptors (Lipinski definition) is 6. The number of carbonyl (C=O) groups excluding carboxylic acids is 2. The van der Waals surface area contributed by atoms with E-state index in [0.29, 0.717) is 12.2 Å². The van der Waals surface area contributed by atoms with E-state index in [-0.39, 0.29) is 41.2 Å². The van der Waals surface area contributed by atoms with Crippen molar-refractivity contribution < 1.29 is 31.9 Å². The molecule has 254 valence electrons. The van der Waals surface area contributed by atoms with E-state index in [9.17, 15) is 22.4 Å². The highest BCUT2D eigenvalue weighted by Crippen LogP contribution is 2.32. The molecule has 4 rings (SSSR count). The summed E-state index contributed by atoms with van der Waals surface area (Å²) < 4.78 is 55.0. The van der Waals surface area contributed by atoms with Gasteiger partial charge in [-0.1, -0.05) is 65.3 Å². The molecular formula is C36H39BrFN3O6S. The highest BCUT2D eigenvalue weighted by atomic mass is 79.9. The number of methoxy groups -OCH3 is 2. The maximum absolute atomic E-state index is 14.6. The Hall–Kier alpha value is -4.42. The Bertz CT molecular complexity index is 1790. The molecule has 0 heterocycles. The van der Waals surface area contributed by atoms with Gasteiger partial charge >= 0.3 is 0 Å². The zero-order chi connectivity index (χ0) is 34.8. The van der Waals surface area contributed by atoms with E-state index in [1.54, 1.807) is 0 Å². The first kappa shape index (κ1) is 36.4. The van der Waals surface area contributed by atoms with Crippen LogP contribution in [0.5, 0.6) is 11.5 Å². The van der Waals surface area contributed by atoms with Gasteiger partial charge in [-0.05, 0) is 73.0 Å². The molecule has 4 aromatic rings. The lowest BCUT2D eigenvalue weighted by atomic mass is 10.0. The SMILES string of the molecule is CC[C@H](C)NC(=O)[C@@H](Cc1ccccc1)N(Cc1ccc(Br)cc1)C(=O)CN(c1ccc(F)cc1)S(=O)(=O)c1ccc(OC)c(OC)c1. The number of amides is 2. The normalized spacial score (nSPS) is 12.5. The van der Waals surface area contributed by atoms with Gasteiger partial charge < -0.3 is 19.7 Å². The van der Waals surface area contributed by atoms with Gasteiger partial charge in [-0.25, -0.2) is 12.8 Å². The first-order chi connectivity index (χ1) is 23.0. The van der Waals surface area contributed by atoms with Crippen molar-refractivity contribution in [2.24, 2.45) is 0 Å². The molecule has 0 saturated heterocycles. The molecule has 2 amide bonds. The van der Waals surface area contributed by atoms with Crippen LogP contribution in [0, 0.1) is 5.82 Å². The van der Waals surface area contributed by atoms with Crippen LogP contribution in [-0.4, -0.2) is 58.0 Å². The highest BCUT2D eigenvalue weighted by Gasteiger charge is 2.35. The van der Waals surface area contributed by atoms with Crippen molar-refractivity contribution in [3.63, 3.8) is 0 Å². The standard InChI is InChI=1S/C36H39BrFN3O6S/c1-5-25(2)39-36(43)32(21-26-9-7-6-8-10-26)40(23-27-11-13-28(37)14-12-27)35(42)24-41(30-17-15-29(38)16-18-30)48(44,45)31-19-20-33(46-3)34(22-31)47-4/h6-20,22,25,32H,5,21,23-24H2,1-4H3,(H,39,43)/t25-,32+/m0/s1. The minimum Gasteiger partial charge on any atom is -0.493 e. The summed E-state index contributed by atoms with van der Waals surface area (Å²) in [5.41, 5.74) is 1.62. The van der Waals surface area contributed by atoms with Crippen LogP contribution < -0.4 is 19.1 Å². The second-order valence-corrected chi connectivity index (χ2v) is 14.0. The Morgan fingerprint density at radius 3 is 2.12 bits per heavy atom. The maximum atomic E-state index is 14.6. The van der Waals surface area contributed by atoms with Crippen LogP contribution in [0.3, 0.4) is 0 Å². The summed E-state index contributed by atoms with van der Waals surface area (Å²) in [6.07, 6.45) is 0.858. The maximum Gasteiger partial charge on any atom is 0.264 e. The van der Waals surface area contributed by atoms with Gasteiger partial charge in [0.1, 0.15) is 18.4 Å². The van der Waals surface area contributed by atoms with Crippen molar-refractivity contribution in [2.75, 3.05) is 25.1 Å². The van der Waals surface area contributed by atoms with Crippen LogP contribution in [0.15, 0.2) is 106 Å². The number of nitrogens with one attached hydrogen (secondary N) is 1. The lowest BCUT2D eigenvalue weighted by Crippen LogP contribution is -2.54. The fourth-order valence-electron chi connectivity index (χ4n) is 5.02. The van der Waals surface area contributed by atoms with Gasteiger partial charge in [-0.3, -0.25) is 13.9 Å². The van der Waals surface area contributed by atoms with Gasteiger partial charge in [0.2, 0.25) is 11.8 Å². The van der Waals surface area contributed by atoms with Crippen molar-refractivity contribution in [3.8, 4) is 11.5 Å². The number of sulfonamides is 1. The smallest absolute Gasteiger partial charge is 0.264 e. The van der Waals surface area contributed by atoms with Crippen LogP contribution in [-0.2, 0) is 32.6 Å². The third-order valence-corrected chi connectivity index (χ3v) is 10.2. The van der Waals surface area contributed by atoms with E-state index in [2.05, 4.69) is 21.2 Å². The number of carbonyl (C=O) groups is 2. The molecule has 9 nitrogen and oxygen atoms in total. The summed E-state index contributed by atoms with van der Waals surface area (Å²) in [5.74, 6) is -1.08. The Morgan fingerprint density at radius 2 is 1.52 bits per heavy atom. The Balaban J connectivity index is 1.82. The average Bonchev–Trinajstić information content (AvgIpc) is 3.09. The Morgan fingerprint density at radius 1 is 0.875 bits per heavy atom. The van der Waals surface area contributed by atoms with E-state index in [0.717, 1.165) is 32.0 Å². The lowest BCUT2D eigenvalue weighted by Gasteiger charge is -2.34. The third kappa shape index (κ3) is 9.13. The molecule has 0 aromatic heterocycles. The second-order valence-electron chi connectivity index (χ2n) is 11.2. The highest BCUT2D eigenvalue weighted by molar-refractivity contribution is 9.10. The van der Waals surface area contributed by atoms with Crippen molar-refractivity contribution >= 4 is 43.5 Å². The molecule has 0 saturated carbocycles. The fourth-order valence-corrected chi connectivity index (χ4v) is 6.72. The number of rotatable bonds is 15. The molecule has 0 aliphatic rings. The largest absolute Gasteiger partial charge is 0.493 e. The Kier molecular flexibility index (Phi) is 12.6. The van der Waals surface area contributed by atoms with Crippen molar-refractivity contribution in [1.82, 2.24) is 10.2 Å². The van der Waals surface area contributed by atoms with Crippen molar-refractivity contribution in [1.29, 1.82) is 0 Å². The minimum atomic E-state index is -4.44. The molecule has 0 unspecified atom stereocenters. The molecule has 0 aliphatic carbocycles. The summed E-state index contributed by atoms with van der Waals surface area (Å²) in [4.78, 5) is 29.7. The monoisotopic (exact) mass is 739 g/mol. The second kappa shape index (κ2) is 16.6. The van der Waals surface area contributed by atoms with Crippen LogP contribution in [0.2, 0.25) is 0 Å². The van der Waals surface area contributed by atoms with E-state index in [4.69, 9.17) is 9.47 Å². The van der Waals surface area contributed by atoms with Crippen LogP contribution in [0.25, 0.3) is 0 Å². The first-order valence-electron chi connectivity index (χ1n) is 15.3. The molecule has 0 fully saturated rings. The summed E-state index contributed by atoms with van der Waals surface area (Å²) >= 11 is 3.44. The molecule has 2 atom stereocenters. The van der Waals surface area contributed by atoms with Gasteiger partial charge in [0, 0.05) is 29.5 Å². The zero-order valence-electron chi connectivity index (χ0n) is 27.2. The quantitative estimate of drug-likeness (QED) is 0.152. The van der Waals surface area contributed by atoms with E-state index >= 15 is 0 Å². The van der Waals surface area contributed by atoms with Crippen LogP contribution >= 0.6 is 15.9 Å². The molecule has 12 heteroatoms. The predicted molar refractivity (Wildman–Crippen MR) is 187 cm³/mol. The third-order valence-electron chi connectivity index (χ3n) is 7.87. The topological polar surface area (TPSA) is 105 Å². The number of benzene rings is 4. The summed E-state index contributed by atoms with van der Waals surface area (Å²) in [6, 6.07) is 24.4. The van der Waals surface area contributed by atoms with E-state index in [1.165, 1.54) is 49.5 Å². The van der Waals surface area contributed by atoms with Crippen LogP contribution in [0.1, 0.15) is 31.4 Å². The molecule has 48 heavy (non-hydrogen) atoms. The average molecular weight is 741 g/mol. The Labute approximate surface area is 289 Å². The molecule has 0 bridgehead atoms. The van der Waals surface area contributed by atoms with E-state index in [1.807, 2.05) is 68.4 Å². The van der Waals surface area contributed by atoms with Crippen molar-refractivity contribution in [2.45, 2.75) is 50.2 Å². The van der Waals surface area contributed by atoms with Gasteiger partial charge in [0.15, 0.2) is 11.5 Å². The first-order valence-corrected chi connectivity index (χ1v) is 17.6. The van der Waals surface area contributed by atoms with Gasteiger partial charge in [-0.15, -0.1) is 0 Å². The van der Waals surface area contributed by atoms with Crippen LogP contribution in [0.4, 0.5) is 10.1 Å². The molecule has 4 aromatic carbocycles. The molecule has 1 N–H and O–H groups in total. The molecular weight excluding hydrogens is 701 g/mol. The minimum absolute atomic E-state index is 0.0191. The number of ether oxygens (including phenoxy) is 2. The zero-order valence-corrected chi connectivity index (χ0v) is 29.6. The number of anilines is 1. The fraction of sp³-hybridized carbons (Fsp3) is 0.278. The number of hydrogen-bond donors (Lipinski definition) is 1. The predicted octanol–water partition coefficient (Wildman–Crippen LogP) is 6.36. The lowest BCUT2D eigenvalue weighted by molar-refractivity contribution is -0.140. The molecule has 0 spiro atoms. The van der Waals surface area contributed by atoms with Crippen molar-refractivity contribution in [3.05, 3.63) is 118 Å².